The zero-order valence-electron chi connectivity index (χ0n) is 14.7. The number of furan rings is 1. The number of nitrogens with zero attached hydrogens (tertiary/aromatic N) is 3. The Morgan fingerprint density at radius 3 is 2.64 bits per heavy atom. The Hall–Kier alpha value is -3.03. The smallest absolute Gasteiger partial charge is 0.268 e. The van der Waals surface area contributed by atoms with Crippen molar-refractivity contribution in [3.05, 3.63) is 41.0 Å². The van der Waals surface area contributed by atoms with Gasteiger partial charge in [-0.2, -0.15) is 5.10 Å². The average Bonchev–Trinajstić information content (AvgIpc) is 3.21. The summed E-state index contributed by atoms with van der Waals surface area (Å²) in [6.45, 7) is 4.15. The molecular weight excluding hydrogens is 322 g/mol. The van der Waals surface area contributed by atoms with Gasteiger partial charge in [-0.1, -0.05) is 0 Å². The molecule has 0 spiro atoms. The summed E-state index contributed by atoms with van der Waals surface area (Å²) in [6, 6.07) is 3.45. The molecule has 0 saturated heterocycles. The number of carbonyl (C=O) groups excluding carboxylic acids is 2. The minimum absolute atomic E-state index is 0.0935. The molecule has 0 saturated carbocycles. The maximum Gasteiger partial charge on any atom is 0.268 e. The first kappa shape index (κ1) is 16.8. The Kier molecular flexibility index (Phi) is 4.35. The monoisotopic (exact) mass is 343 g/mol. The van der Waals surface area contributed by atoms with Crippen LogP contribution in [0.3, 0.4) is 0 Å². The summed E-state index contributed by atoms with van der Waals surface area (Å²) >= 11 is 0. The minimum atomic E-state index is -0.321. The van der Waals surface area contributed by atoms with Crippen LogP contribution >= 0.6 is 0 Å². The Morgan fingerprint density at radius 1 is 1.24 bits per heavy atom. The second-order valence-electron chi connectivity index (χ2n) is 5.99. The van der Waals surface area contributed by atoms with Crippen molar-refractivity contribution < 1.29 is 14.0 Å². The zero-order chi connectivity index (χ0) is 18.1. The fourth-order valence-corrected chi connectivity index (χ4v) is 2.84. The van der Waals surface area contributed by atoms with Gasteiger partial charge in [0, 0.05) is 44.0 Å². The molecule has 8 nitrogen and oxygen atoms in total. The van der Waals surface area contributed by atoms with Gasteiger partial charge in [0.1, 0.15) is 5.69 Å². The van der Waals surface area contributed by atoms with Crippen LogP contribution in [0.2, 0.25) is 0 Å². The average molecular weight is 343 g/mol. The van der Waals surface area contributed by atoms with Gasteiger partial charge in [0.25, 0.3) is 5.91 Å². The van der Waals surface area contributed by atoms with Crippen LogP contribution in [-0.4, -0.2) is 32.7 Å². The van der Waals surface area contributed by atoms with Gasteiger partial charge in [-0.15, -0.1) is 0 Å². The standard InChI is InChI=1S/C17H21N5O3/c1-10-12(11(2)22(4)20-10)8-18-16(23)9-19-17(24)14-7-15-13(21(14)3)5-6-25-15/h5-7H,8-9H2,1-4H3,(H,18,23)(H,19,24). The topological polar surface area (TPSA) is 94.1 Å². The molecule has 0 aliphatic carbocycles. The van der Waals surface area contributed by atoms with Gasteiger partial charge < -0.3 is 19.6 Å². The molecule has 3 rings (SSSR count). The lowest BCUT2D eigenvalue weighted by atomic mass is 10.2. The van der Waals surface area contributed by atoms with Crippen molar-refractivity contribution in [1.82, 2.24) is 25.0 Å². The van der Waals surface area contributed by atoms with E-state index in [2.05, 4.69) is 15.7 Å². The summed E-state index contributed by atoms with van der Waals surface area (Å²) in [7, 11) is 3.64. The second-order valence-corrected chi connectivity index (χ2v) is 5.99. The summed E-state index contributed by atoms with van der Waals surface area (Å²) in [6.07, 6.45) is 1.57. The highest BCUT2D eigenvalue weighted by Gasteiger charge is 2.16. The van der Waals surface area contributed by atoms with E-state index in [0.29, 0.717) is 17.8 Å². The van der Waals surface area contributed by atoms with E-state index in [0.717, 1.165) is 22.5 Å². The summed E-state index contributed by atoms with van der Waals surface area (Å²) in [5, 5.41) is 9.74. The molecule has 25 heavy (non-hydrogen) atoms. The SMILES string of the molecule is Cc1nn(C)c(C)c1CNC(=O)CNC(=O)c1cc2occc2n1C. The molecule has 8 heteroatoms. The second kappa shape index (κ2) is 6.46. The van der Waals surface area contributed by atoms with Crippen molar-refractivity contribution in [3.8, 4) is 0 Å². The molecule has 0 atom stereocenters. The molecule has 0 aliphatic rings. The largest absolute Gasteiger partial charge is 0.463 e. The van der Waals surface area contributed by atoms with E-state index in [1.54, 1.807) is 34.7 Å². The number of nitrogens with one attached hydrogen (secondary N) is 2. The molecule has 3 aromatic rings. The fraction of sp³-hybridized carbons (Fsp3) is 0.353. The molecular formula is C17H21N5O3. The van der Waals surface area contributed by atoms with Gasteiger partial charge in [-0.05, 0) is 13.8 Å². The van der Waals surface area contributed by atoms with Crippen molar-refractivity contribution in [1.29, 1.82) is 0 Å². The Labute approximate surface area is 144 Å². The third kappa shape index (κ3) is 3.15. The predicted octanol–water partition coefficient (Wildman–Crippen LogP) is 1.17. The van der Waals surface area contributed by atoms with E-state index in [9.17, 15) is 9.59 Å². The third-order valence-electron chi connectivity index (χ3n) is 4.43. The van der Waals surface area contributed by atoms with Crippen LogP contribution in [0.4, 0.5) is 0 Å². The van der Waals surface area contributed by atoms with E-state index < -0.39 is 0 Å². The molecule has 2 amide bonds. The molecule has 0 aromatic carbocycles. The maximum atomic E-state index is 12.3. The summed E-state index contributed by atoms with van der Waals surface area (Å²) in [4.78, 5) is 24.3. The number of fused-ring (bicyclic) bond motifs is 1. The van der Waals surface area contributed by atoms with Crippen molar-refractivity contribution in [2.45, 2.75) is 20.4 Å². The first-order chi connectivity index (χ1) is 11.9. The maximum absolute atomic E-state index is 12.3. The number of carbonyl (C=O) groups is 2. The van der Waals surface area contributed by atoms with Crippen LogP contribution in [0.1, 0.15) is 27.4 Å². The van der Waals surface area contributed by atoms with E-state index in [1.165, 1.54) is 0 Å². The normalized spacial score (nSPS) is 11.0. The lowest BCUT2D eigenvalue weighted by molar-refractivity contribution is -0.120. The van der Waals surface area contributed by atoms with Gasteiger partial charge in [-0.3, -0.25) is 14.3 Å². The van der Waals surface area contributed by atoms with Crippen LogP contribution in [-0.2, 0) is 25.4 Å². The predicted molar refractivity (Wildman–Crippen MR) is 92.0 cm³/mol. The first-order valence-electron chi connectivity index (χ1n) is 7.95. The Morgan fingerprint density at radius 2 is 2.00 bits per heavy atom. The van der Waals surface area contributed by atoms with Crippen molar-refractivity contribution in [2.75, 3.05) is 6.54 Å². The Bertz CT molecular complexity index is 947. The molecule has 3 heterocycles. The molecule has 0 radical (unpaired) electrons. The number of aryl methyl sites for hydroxylation is 3. The Balaban J connectivity index is 1.56. The van der Waals surface area contributed by atoms with Crippen molar-refractivity contribution in [2.24, 2.45) is 14.1 Å². The number of rotatable bonds is 5. The first-order valence-corrected chi connectivity index (χ1v) is 7.95. The molecule has 0 unspecified atom stereocenters. The van der Waals surface area contributed by atoms with Crippen LogP contribution < -0.4 is 10.6 Å². The third-order valence-corrected chi connectivity index (χ3v) is 4.43. The number of aromatic nitrogens is 3. The highest BCUT2D eigenvalue weighted by molar-refractivity contribution is 5.99. The lowest BCUT2D eigenvalue weighted by Crippen LogP contribution is -2.37. The van der Waals surface area contributed by atoms with Crippen LogP contribution in [0.25, 0.3) is 11.1 Å². The van der Waals surface area contributed by atoms with Gasteiger partial charge in [0.05, 0.1) is 24.0 Å². The summed E-state index contributed by atoms with van der Waals surface area (Å²) in [5.74, 6) is -0.577. The fourth-order valence-electron chi connectivity index (χ4n) is 2.84. The molecule has 132 valence electrons. The zero-order valence-corrected chi connectivity index (χ0v) is 14.7. The quantitative estimate of drug-likeness (QED) is 0.727. The van der Waals surface area contributed by atoms with E-state index in [4.69, 9.17) is 4.42 Å². The number of amides is 2. The summed E-state index contributed by atoms with van der Waals surface area (Å²) < 4.78 is 8.79. The van der Waals surface area contributed by atoms with E-state index in [1.807, 2.05) is 20.9 Å². The number of hydrogen-bond donors (Lipinski definition) is 2. The van der Waals surface area contributed by atoms with Gasteiger partial charge in [0.15, 0.2) is 5.58 Å². The molecule has 0 aliphatic heterocycles. The minimum Gasteiger partial charge on any atom is -0.463 e. The van der Waals surface area contributed by atoms with Crippen LogP contribution in [0.5, 0.6) is 0 Å². The van der Waals surface area contributed by atoms with Crippen molar-refractivity contribution >= 4 is 22.9 Å². The van der Waals surface area contributed by atoms with Crippen molar-refractivity contribution in [3.63, 3.8) is 0 Å². The highest BCUT2D eigenvalue weighted by atomic mass is 16.3. The van der Waals surface area contributed by atoms with Crippen LogP contribution in [0.15, 0.2) is 22.8 Å². The number of hydrogen-bond acceptors (Lipinski definition) is 4. The van der Waals surface area contributed by atoms with Gasteiger partial charge >= 0.3 is 0 Å². The van der Waals surface area contributed by atoms with Gasteiger partial charge in [0.2, 0.25) is 5.91 Å². The van der Waals surface area contributed by atoms with Gasteiger partial charge in [-0.25, -0.2) is 0 Å². The highest BCUT2D eigenvalue weighted by Crippen LogP contribution is 2.19. The molecule has 3 aromatic heterocycles. The van der Waals surface area contributed by atoms with E-state index in [-0.39, 0.29) is 18.4 Å². The van der Waals surface area contributed by atoms with E-state index >= 15 is 0 Å². The lowest BCUT2D eigenvalue weighted by Gasteiger charge is -2.08. The molecule has 0 bridgehead atoms. The van der Waals surface area contributed by atoms with Crippen LogP contribution in [0, 0.1) is 13.8 Å². The summed E-state index contributed by atoms with van der Waals surface area (Å²) in [5.41, 5.74) is 4.80. The molecule has 2 N–H and O–H groups in total. The molecule has 0 fully saturated rings.